The van der Waals surface area contributed by atoms with Crippen LogP contribution in [0.4, 0.5) is 5.69 Å². The highest BCUT2D eigenvalue weighted by atomic mass is 16.5. The van der Waals surface area contributed by atoms with Gasteiger partial charge in [-0.2, -0.15) is 0 Å². The van der Waals surface area contributed by atoms with Crippen molar-refractivity contribution in [1.82, 2.24) is 4.90 Å². The summed E-state index contributed by atoms with van der Waals surface area (Å²) >= 11 is 0. The van der Waals surface area contributed by atoms with Gasteiger partial charge >= 0.3 is 5.97 Å². The van der Waals surface area contributed by atoms with Gasteiger partial charge < -0.3 is 15.0 Å². The molecular weight excluding hydrogens is 344 g/mol. The second-order valence-corrected chi connectivity index (χ2v) is 6.21. The number of carbonyl (C=O) groups is 3. The molecule has 0 fully saturated rings. The zero-order valence-electron chi connectivity index (χ0n) is 15.1. The maximum absolute atomic E-state index is 12.6. The lowest BCUT2D eigenvalue weighted by molar-refractivity contribution is -0.129. The Hall–Kier alpha value is -3.41. The third-order valence-corrected chi connectivity index (χ3v) is 4.42. The number of benzene rings is 2. The number of anilines is 1. The van der Waals surface area contributed by atoms with Crippen LogP contribution in [0.3, 0.4) is 0 Å². The SMILES string of the molecule is COC(=O)c1cccc(NC(=O)CC2c3ccccc3C=CN2C(C)=O)c1. The topological polar surface area (TPSA) is 75.7 Å². The van der Waals surface area contributed by atoms with Crippen LogP contribution in [-0.2, 0) is 14.3 Å². The van der Waals surface area contributed by atoms with Crippen LogP contribution in [-0.4, -0.2) is 29.8 Å². The number of nitrogens with one attached hydrogen (secondary N) is 1. The molecule has 0 saturated heterocycles. The van der Waals surface area contributed by atoms with E-state index >= 15 is 0 Å². The summed E-state index contributed by atoms with van der Waals surface area (Å²) in [6, 6.07) is 13.8. The van der Waals surface area contributed by atoms with Gasteiger partial charge in [-0.15, -0.1) is 0 Å². The van der Waals surface area contributed by atoms with Crippen LogP contribution in [0.5, 0.6) is 0 Å². The Bertz CT molecular complexity index is 920. The van der Waals surface area contributed by atoms with E-state index in [0.29, 0.717) is 11.3 Å². The van der Waals surface area contributed by atoms with Crippen LogP contribution in [0.25, 0.3) is 6.08 Å². The van der Waals surface area contributed by atoms with E-state index in [4.69, 9.17) is 4.74 Å². The molecule has 0 saturated carbocycles. The molecule has 0 spiro atoms. The molecule has 0 radical (unpaired) electrons. The van der Waals surface area contributed by atoms with E-state index in [1.165, 1.54) is 14.0 Å². The van der Waals surface area contributed by atoms with Crippen molar-refractivity contribution >= 4 is 29.5 Å². The van der Waals surface area contributed by atoms with Crippen molar-refractivity contribution in [2.24, 2.45) is 0 Å². The number of hydrogen-bond donors (Lipinski definition) is 1. The van der Waals surface area contributed by atoms with Crippen LogP contribution in [0, 0.1) is 0 Å². The Labute approximate surface area is 157 Å². The van der Waals surface area contributed by atoms with Crippen molar-refractivity contribution in [3.05, 3.63) is 71.4 Å². The fourth-order valence-corrected chi connectivity index (χ4v) is 3.14. The highest BCUT2D eigenvalue weighted by Crippen LogP contribution is 2.33. The summed E-state index contributed by atoms with van der Waals surface area (Å²) in [5.41, 5.74) is 2.76. The summed E-state index contributed by atoms with van der Waals surface area (Å²) in [5, 5.41) is 2.79. The Morgan fingerprint density at radius 3 is 2.63 bits per heavy atom. The number of nitrogens with zero attached hydrogens (tertiary/aromatic N) is 1. The van der Waals surface area contributed by atoms with Gasteiger partial charge in [0.2, 0.25) is 11.8 Å². The molecule has 6 heteroatoms. The van der Waals surface area contributed by atoms with Gasteiger partial charge in [0.05, 0.1) is 25.1 Å². The number of esters is 1. The predicted octanol–water partition coefficient (Wildman–Crippen LogP) is 3.38. The van der Waals surface area contributed by atoms with Crippen molar-refractivity contribution in [2.75, 3.05) is 12.4 Å². The molecule has 1 aliphatic heterocycles. The fourth-order valence-electron chi connectivity index (χ4n) is 3.14. The molecule has 6 nitrogen and oxygen atoms in total. The molecule has 1 atom stereocenters. The lowest BCUT2D eigenvalue weighted by Crippen LogP contribution is -2.33. The second kappa shape index (κ2) is 7.86. The summed E-state index contributed by atoms with van der Waals surface area (Å²) in [4.78, 5) is 37.8. The van der Waals surface area contributed by atoms with Gasteiger partial charge in [0, 0.05) is 18.8 Å². The van der Waals surface area contributed by atoms with Crippen molar-refractivity contribution < 1.29 is 19.1 Å². The van der Waals surface area contributed by atoms with Gasteiger partial charge in [0.15, 0.2) is 0 Å². The lowest BCUT2D eigenvalue weighted by Gasteiger charge is -2.32. The maximum atomic E-state index is 12.6. The van der Waals surface area contributed by atoms with E-state index in [1.54, 1.807) is 35.4 Å². The molecule has 2 aromatic carbocycles. The first-order valence-corrected chi connectivity index (χ1v) is 8.54. The molecule has 1 N–H and O–H groups in total. The first-order valence-electron chi connectivity index (χ1n) is 8.54. The minimum atomic E-state index is -0.472. The monoisotopic (exact) mass is 364 g/mol. The molecule has 1 heterocycles. The van der Waals surface area contributed by atoms with Crippen molar-refractivity contribution in [3.8, 4) is 0 Å². The minimum Gasteiger partial charge on any atom is -0.465 e. The normalized spacial score (nSPS) is 15.0. The molecular formula is C21H20N2O4. The summed E-state index contributed by atoms with van der Waals surface area (Å²) in [7, 11) is 1.30. The quantitative estimate of drug-likeness (QED) is 0.844. The average molecular weight is 364 g/mol. The van der Waals surface area contributed by atoms with Gasteiger partial charge in [0.25, 0.3) is 0 Å². The van der Waals surface area contributed by atoms with Crippen LogP contribution >= 0.6 is 0 Å². The largest absolute Gasteiger partial charge is 0.465 e. The van der Waals surface area contributed by atoms with E-state index < -0.39 is 5.97 Å². The third-order valence-electron chi connectivity index (χ3n) is 4.42. The Morgan fingerprint density at radius 2 is 1.89 bits per heavy atom. The zero-order chi connectivity index (χ0) is 19.4. The van der Waals surface area contributed by atoms with E-state index in [-0.39, 0.29) is 24.3 Å². The molecule has 1 aliphatic rings. The standard InChI is InChI=1S/C21H20N2O4/c1-14(24)23-11-10-15-6-3-4-9-18(15)19(23)13-20(25)22-17-8-5-7-16(12-17)21(26)27-2/h3-12,19H,13H2,1-2H3,(H,22,25). The van der Waals surface area contributed by atoms with Crippen molar-refractivity contribution in [2.45, 2.75) is 19.4 Å². The summed E-state index contributed by atoms with van der Waals surface area (Å²) < 4.78 is 4.69. The minimum absolute atomic E-state index is 0.101. The number of hydrogen-bond acceptors (Lipinski definition) is 4. The molecule has 2 amide bonds. The van der Waals surface area contributed by atoms with Crippen LogP contribution in [0.1, 0.15) is 40.9 Å². The highest BCUT2D eigenvalue weighted by Gasteiger charge is 2.28. The number of ether oxygens (including phenoxy) is 1. The van der Waals surface area contributed by atoms with Crippen molar-refractivity contribution in [3.63, 3.8) is 0 Å². The summed E-state index contributed by atoms with van der Waals surface area (Å²) in [6.45, 7) is 1.48. The smallest absolute Gasteiger partial charge is 0.337 e. The summed E-state index contributed by atoms with van der Waals surface area (Å²) in [5.74, 6) is -0.857. The van der Waals surface area contributed by atoms with Gasteiger partial charge in [-0.05, 0) is 35.4 Å². The predicted molar refractivity (Wildman–Crippen MR) is 102 cm³/mol. The van der Waals surface area contributed by atoms with Crippen LogP contribution in [0.15, 0.2) is 54.7 Å². The van der Waals surface area contributed by atoms with Gasteiger partial charge in [-0.25, -0.2) is 4.79 Å². The fraction of sp³-hybridized carbons (Fsp3) is 0.190. The molecule has 3 rings (SSSR count). The lowest BCUT2D eigenvalue weighted by atomic mass is 9.93. The Kier molecular flexibility index (Phi) is 5.35. The Morgan fingerprint density at radius 1 is 1.11 bits per heavy atom. The molecule has 0 aromatic heterocycles. The van der Waals surface area contributed by atoms with Crippen LogP contribution in [0.2, 0.25) is 0 Å². The summed E-state index contributed by atoms with van der Waals surface area (Å²) in [6.07, 6.45) is 3.68. The molecule has 27 heavy (non-hydrogen) atoms. The molecule has 1 unspecified atom stereocenters. The number of methoxy groups -OCH3 is 1. The average Bonchev–Trinajstić information content (AvgIpc) is 2.67. The first-order chi connectivity index (χ1) is 13.0. The van der Waals surface area contributed by atoms with Gasteiger partial charge in [-0.3, -0.25) is 9.59 Å². The van der Waals surface area contributed by atoms with Crippen molar-refractivity contribution in [1.29, 1.82) is 0 Å². The first kappa shape index (κ1) is 18.4. The van der Waals surface area contributed by atoms with E-state index in [9.17, 15) is 14.4 Å². The molecule has 0 aliphatic carbocycles. The third kappa shape index (κ3) is 4.06. The number of fused-ring (bicyclic) bond motifs is 1. The maximum Gasteiger partial charge on any atom is 0.337 e. The van der Waals surface area contributed by atoms with Gasteiger partial charge in [0.1, 0.15) is 0 Å². The number of carbonyl (C=O) groups excluding carboxylic acids is 3. The second-order valence-electron chi connectivity index (χ2n) is 6.21. The molecule has 138 valence electrons. The zero-order valence-corrected chi connectivity index (χ0v) is 15.1. The van der Waals surface area contributed by atoms with Gasteiger partial charge in [-0.1, -0.05) is 30.3 Å². The Balaban J connectivity index is 1.79. The number of amides is 2. The van der Waals surface area contributed by atoms with E-state index in [2.05, 4.69) is 5.32 Å². The molecule has 0 bridgehead atoms. The highest BCUT2D eigenvalue weighted by molar-refractivity contribution is 5.95. The number of rotatable bonds is 4. The van der Waals surface area contributed by atoms with E-state index in [0.717, 1.165) is 11.1 Å². The molecule has 2 aromatic rings. The van der Waals surface area contributed by atoms with Crippen LogP contribution < -0.4 is 5.32 Å². The van der Waals surface area contributed by atoms with E-state index in [1.807, 2.05) is 30.3 Å².